The van der Waals surface area contributed by atoms with E-state index < -0.39 is 15.3 Å². The number of Topliss-reactive ketones (excluding diaryl/α,β-unsaturated/α-hetero) is 1. The van der Waals surface area contributed by atoms with Gasteiger partial charge in [0.2, 0.25) is 0 Å². The fourth-order valence-corrected chi connectivity index (χ4v) is 6.18. The van der Waals surface area contributed by atoms with Gasteiger partial charge < -0.3 is 0 Å². The maximum atomic E-state index is 12.7. The molecule has 1 fully saturated rings. The van der Waals surface area contributed by atoms with E-state index in [1.165, 1.54) is 11.8 Å². The molecule has 0 aliphatic carbocycles. The lowest BCUT2D eigenvalue weighted by Crippen LogP contribution is -2.21. The number of hydrogen-bond donors (Lipinski definition) is 0. The first-order valence-electron chi connectivity index (χ1n) is 6.43. The largest absolute Gasteiger partial charge is 0.289 e. The standard InChI is InChI=1S/C15H18O3S2/c1-15(2,3)12(14-19-9-10-20(14,17)18)13(16)11-7-5-4-6-8-11/h4-8H,9-10H2,1-3H3/b14-12+. The molecule has 0 unspecified atom stereocenters. The monoisotopic (exact) mass is 310 g/mol. The van der Waals surface area contributed by atoms with Crippen LogP contribution in [0.3, 0.4) is 0 Å². The average Bonchev–Trinajstić information content (AvgIpc) is 2.69. The van der Waals surface area contributed by atoms with E-state index in [1.807, 2.05) is 26.8 Å². The number of rotatable bonds is 2. The van der Waals surface area contributed by atoms with Crippen molar-refractivity contribution in [2.75, 3.05) is 11.5 Å². The van der Waals surface area contributed by atoms with Gasteiger partial charge in [0.25, 0.3) is 0 Å². The number of hydrogen-bond acceptors (Lipinski definition) is 4. The molecule has 0 N–H and O–H groups in total. The molecular weight excluding hydrogens is 292 g/mol. The van der Waals surface area contributed by atoms with Crippen molar-refractivity contribution in [1.29, 1.82) is 0 Å². The number of thioether (sulfide) groups is 1. The molecule has 1 heterocycles. The molecule has 0 spiro atoms. The summed E-state index contributed by atoms with van der Waals surface area (Å²) in [5.41, 5.74) is 0.436. The number of carbonyl (C=O) groups is 1. The highest BCUT2D eigenvalue weighted by Crippen LogP contribution is 2.41. The molecule has 2 rings (SSSR count). The Bertz CT molecular complexity index is 650. The van der Waals surface area contributed by atoms with Crippen LogP contribution in [-0.2, 0) is 9.84 Å². The van der Waals surface area contributed by atoms with Gasteiger partial charge in [0.05, 0.1) is 5.75 Å². The summed E-state index contributed by atoms with van der Waals surface area (Å²) in [6.07, 6.45) is 0. The molecular formula is C15H18O3S2. The second-order valence-corrected chi connectivity index (χ2v) is 9.18. The molecule has 108 valence electrons. The predicted molar refractivity (Wildman–Crippen MR) is 83.5 cm³/mol. The van der Waals surface area contributed by atoms with Crippen molar-refractivity contribution in [1.82, 2.24) is 0 Å². The molecule has 0 bridgehead atoms. The van der Waals surface area contributed by atoms with Gasteiger partial charge in [0.15, 0.2) is 15.6 Å². The summed E-state index contributed by atoms with van der Waals surface area (Å²) >= 11 is 1.28. The first kappa shape index (κ1) is 15.3. The summed E-state index contributed by atoms with van der Waals surface area (Å²) in [4.78, 5) is 12.7. The maximum absolute atomic E-state index is 12.7. The molecule has 1 saturated heterocycles. The van der Waals surface area contributed by atoms with Crippen LogP contribution in [-0.4, -0.2) is 25.7 Å². The topological polar surface area (TPSA) is 51.2 Å². The van der Waals surface area contributed by atoms with Crippen molar-refractivity contribution >= 4 is 27.4 Å². The van der Waals surface area contributed by atoms with Gasteiger partial charge >= 0.3 is 0 Å². The summed E-state index contributed by atoms with van der Waals surface area (Å²) in [5, 5.41) is 0. The zero-order chi connectivity index (χ0) is 15.0. The van der Waals surface area contributed by atoms with Crippen molar-refractivity contribution in [3.05, 3.63) is 45.7 Å². The summed E-state index contributed by atoms with van der Waals surface area (Å²) in [6.45, 7) is 5.64. The van der Waals surface area contributed by atoms with Crippen molar-refractivity contribution in [2.45, 2.75) is 20.8 Å². The Morgan fingerprint density at radius 2 is 1.75 bits per heavy atom. The minimum atomic E-state index is -3.30. The molecule has 0 saturated carbocycles. The normalized spacial score (nSPS) is 20.8. The van der Waals surface area contributed by atoms with Crippen LogP contribution in [0.5, 0.6) is 0 Å². The van der Waals surface area contributed by atoms with Crippen LogP contribution >= 0.6 is 11.8 Å². The minimum absolute atomic E-state index is 0.120. The summed E-state index contributed by atoms with van der Waals surface area (Å²) in [6, 6.07) is 8.85. The van der Waals surface area contributed by atoms with Gasteiger partial charge in [-0.3, -0.25) is 4.79 Å². The van der Waals surface area contributed by atoms with Crippen LogP contribution in [0.2, 0.25) is 0 Å². The highest BCUT2D eigenvalue weighted by molar-refractivity contribution is 8.21. The SMILES string of the molecule is CC(C)(C)/C(C(=O)c1ccccc1)=C1\SCCS1(=O)=O. The average molecular weight is 310 g/mol. The Kier molecular flexibility index (Phi) is 4.12. The van der Waals surface area contributed by atoms with E-state index in [0.29, 0.717) is 16.9 Å². The molecule has 0 radical (unpaired) electrons. The lowest BCUT2D eigenvalue weighted by Gasteiger charge is -2.23. The Balaban J connectivity index is 2.62. The van der Waals surface area contributed by atoms with E-state index in [9.17, 15) is 13.2 Å². The number of ketones is 1. The first-order chi connectivity index (χ1) is 9.23. The van der Waals surface area contributed by atoms with Gasteiger partial charge in [-0.2, -0.15) is 0 Å². The van der Waals surface area contributed by atoms with Gasteiger partial charge in [-0.1, -0.05) is 51.1 Å². The molecule has 20 heavy (non-hydrogen) atoms. The van der Waals surface area contributed by atoms with Crippen LogP contribution in [0, 0.1) is 5.41 Å². The minimum Gasteiger partial charge on any atom is -0.289 e. The summed E-state index contributed by atoms with van der Waals surface area (Å²) in [5.74, 6) is 0.458. The molecule has 1 aliphatic heterocycles. The zero-order valence-electron chi connectivity index (χ0n) is 11.8. The van der Waals surface area contributed by atoms with Gasteiger partial charge in [0, 0.05) is 16.9 Å². The van der Waals surface area contributed by atoms with Crippen LogP contribution < -0.4 is 0 Å². The highest BCUT2D eigenvalue weighted by Gasteiger charge is 2.37. The second kappa shape index (κ2) is 5.37. The molecule has 1 aromatic carbocycles. The summed E-state index contributed by atoms with van der Waals surface area (Å²) < 4.78 is 24.6. The first-order valence-corrected chi connectivity index (χ1v) is 9.07. The van der Waals surface area contributed by atoms with Crippen molar-refractivity contribution in [3.63, 3.8) is 0 Å². The number of benzene rings is 1. The van der Waals surface area contributed by atoms with E-state index >= 15 is 0 Å². The zero-order valence-corrected chi connectivity index (χ0v) is 13.5. The third-order valence-corrected chi connectivity index (χ3v) is 6.84. The molecule has 0 aromatic heterocycles. The lowest BCUT2D eigenvalue weighted by atomic mass is 9.83. The Morgan fingerprint density at radius 3 is 2.20 bits per heavy atom. The number of carbonyl (C=O) groups excluding carboxylic acids is 1. The highest BCUT2D eigenvalue weighted by atomic mass is 32.3. The van der Waals surface area contributed by atoms with Gasteiger partial charge in [-0.05, 0) is 5.41 Å². The maximum Gasteiger partial charge on any atom is 0.191 e. The lowest BCUT2D eigenvalue weighted by molar-refractivity contribution is 0.101. The van der Waals surface area contributed by atoms with Crippen LogP contribution in [0.4, 0.5) is 0 Å². The van der Waals surface area contributed by atoms with Crippen molar-refractivity contribution in [2.24, 2.45) is 5.41 Å². The molecule has 1 aliphatic rings. The van der Waals surface area contributed by atoms with E-state index in [1.54, 1.807) is 24.3 Å². The van der Waals surface area contributed by atoms with Crippen molar-refractivity contribution in [3.8, 4) is 0 Å². The third kappa shape index (κ3) is 2.99. The quantitative estimate of drug-likeness (QED) is 0.621. The fraction of sp³-hybridized carbons (Fsp3) is 0.400. The van der Waals surface area contributed by atoms with E-state index in [4.69, 9.17) is 0 Å². The fourth-order valence-electron chi connectivity index (χ4n) is 2.13. The Labute approximate surface area is 124 Å². The van der Waals surface area contributed by atoms with Gasteiger partial charge in [-0.25, -0.2) is 8.42 Å². The van der Waals surface area contributed by atoms with E-state index in [0.717, 1.165) is 0 Å². The second-order valence-electron chi connectivity index (χ2n) is 5.77. The van der Waals surface area contributed by atoms with Gasteiger partial charge in [-0.15, -0.1) is 11.8 Å². The predicted octanol–water partition coefficient (Wildman–Crippen LogP) is 3.29. The third-order valence-electron chi connectivity index (χ3n) is 3.08. The van der Waals surface area contributed by atoms with E-state index in [2.05, 4.69) is 0 Å². The van der Waals surface area contributed by atoms with Crippen LogP contribution in [0.15, 0.2) is 40.1 Å². The number of allylic oxidation sites excluding steroid dienone is 1. The Morgan fingerprint density at radius 1 is 1.15 bits per heavy atom. The van der Waals surface area contributed by atoms with Gasteiger partial charge in [0.1, 0.15) is 4.24 Å². The van der Waals surface area contributed by atoms with Crippen LogP contribution in [0.1, 0.15) is 31.1 Å². The van der Waals surface area contributed by atoms with Crippen LogP contribution in [0.25, 0.3) is 0 Å². The van der Waals surface area contributed by atoms with Crippen molar-refractivity contribution < 1.29 is 13.2 Å². The molecule has 1 aromatic rings. The molecule has 0 amide bonds. The number of sulfone groups is 1. The molecule has 0 atom stereocenters. The molecule has 5 heteroatoms. The summed E-state index contributed by atoms with van der Waals surface area (Å²) in [7, 11) is -3.30. The van der Waals surface area contributed by atoms with E-state index in [-0.39, 0.29) is 15.8 Å². The Hall–Kier alpha value is -1.07. The smallest absolute Gasteiger partial charge is 0.191 e. The molecule has 3 nitrogen and oxygen atoms in total.